The summed E-state index contributed by atoms with van der Waals surface area (Å²) < 4.78 is 5.61. The van der Waals surface area contributed by atoms with E-state index in [1.165, 1.54) is 0 Å². The summed E-state index contributed by atoms with van der Waals surface area (Å²) in [6.45, 7) is 7.11. The van der Waals surface area contributed by atoms with Crippen molar-refractivity contribution in [1.82, 2.24) is 15.5 Å². The second-order valence-corrected chi connectivity index (χ2v) is 6.46. The molecule has 0 fully saturated rings. The first-order valence-corrected chi connectivity index (χ1v) is 7.13. The minimum absolute atomic E-state index is 0.0728. The summed E-state index contributed by atoms with van der Waals surface area (Å²) in [6.07, 6.45) is 0.679. The summed E-state index contributed by atoms with van der Waals surface area (Å²) >= 11 is 11.9. The number of hydrogen-bond acceptors (Lipinski definition) is 4. The zero-order valence-electron chi connectivity index (χ0n) is 11.7. The first-order valence-electron chi connectivity index (χ1n) is 6.37. The van der Waals surface area contributed by atoms with Gasteiger partial charge >= 0.3 is 0 Å². The topological polar surface area (TPSA) is 51.0 Å². The lowest BCUT2D eigenvalue weighted by molar-refractivity contribution is 0.412. The Labute approximate surface area is 128 Å². The van der Waals surface area contributed by atoms with Crippen LogP contribution in [0.5, 0.6) is 0 Å². The summed E-state index contributed by atoms with van der Waals surface area (Å²) in [5.41, 5.74) is 0.800. The van der Waals surface area contributed by atoms with Crippen molar-refractivity contribution in [2.24, 2.45) is 0 Å². The van der Waals surface area contributed by atoms with E-state index >= 15 is 0 Å². The van der Waals surface area contributed by atoms with Crippen LogP contribution in [0.4, 0.5) is 0 Å². The molecule has 0 saturated heterocycles. The number of benzene rings is 1. The molecule has 1 aromatic carbocycles. The van der Waals surface area contributed by atoms with E-state index in [9.17, 15) is 0 Å². The molecule has 20 heavy (non-hydrogen) atoms. The van der Waals surface area contributed by atoms with Gasteiger partial charge in [0.25, 0.3) is 0 Å². The monoisotopic (exact) mass is 313 g/mol. The Kier molecular flexibility index (Phi) is 4.68. The maximum absolute atomic E-state index is 5.96. The molecule has 0 aliphatic rings. The molecule has 4 nitrogen and oxygen atoms in total. The van der Waals surface area contributed by atoms with Gasteiger partial charge in [0.05, 0.1) is 0 Å². The molecule has 2 rings (SSSR count). The van der Waals surface area contributed by atoms with E-state index in [0.29, 0.717) is 28.2 Å². The number of halogens is 2. The average Bonchev–Trinajstić information content (AvgIpc) is 2.74. The lowest BCUT2D eigenvalue weighted by atomic mass is 10.1. The quantitative estimate of drug-likeness (QED) is 0.927. The van der Waals surface area contributed by atoms with E-state index in [1.807, 2.05) is 0 Å². The molecule has 0 radical (unpaired) electrons. The Bertz CT molecular complexity index is 570. The van der Waals surface area contributed by atoms with Crippen molar-refractivity contribution in [3.63, 3.8) is 0 Å². The van der Waals surface area contributed by atoms with E-state index in [2.05, 4.69) is 36.3 Å². The van der Waals surface area contributed by atoms with Crippen LogP contribution in [0, 0.1) is 0 Å². The lowest BCUT2D eigenvalue weighted by Crippen LogP contribution is -2.37. The highest BCUT2D eigenvalue weighted by molar-refractivity contribution is 6.35. The molecular formula is C14H17Cl2N3O. The Hall–Kier alpha value is -1.10. The molecule has 0 unspecified atom stereocenters. The van der Waals surface area contributed by atoms with Crippen LogP contribution in [-0.2, 0) is 6.42 Å². The van der Waals surface area contributed by atoms with Crippen LogP contribution in [0.1, 0.15) is 26.7 Å². The van der Waals surface area contributed by atoms with Crippen molar-refractivity contribution < 1.29 is 4.42 Å². The molecule has 0 spiro atoms. The molecule has 0 bridgehead atoms. The van der Waals surface area contributed by atoms with Gasteiger partial charge in [-0.15, -0.1) is 10.2 Å². The normalized spacial score (nSPS) is 11.8. The second kappa shape index (κ2) is 6.12. The fourth-order valence-corrected chi connectivity index (χ4v) is 2.22. The minimum Gasteiger partial charge on any atom is -0.421 e. The minimum atomic E-state index is 0.0728. The Morgan fingerprint density at radius 2 is 1.75 bits per heavy atom. The predicted octanol–water partition coefficient (Wildman–Crippen LogP) is 3.97. The summed E-state index contributed by atoms with van der Waals surface area (Å²) in [5.74, 6) is 1.02. The maximum Gasteiger partial charge on any atom is 0.247 e. The average molecular weight is 314 g/mol. The van der Waals surface area contributed by atoms with Crippen molar-refractivity contribution >= 4 is 23.2 Å². The van der Waals surface area contributed by atoms with E-state index in [1.54, 1.807) is 18.2 Å². The molecule has 0 amide bonds. The van der Waals surface area contributed by atoms with Crippen molar-refractivity contribution in [2.75, 3.05) is 6.54 Å². The number of aromatic nitrogens is 2. The van der Waals surface area contributed by atoms with Crippen molar-refractivity contribution in [2.45, 2.75) is 32.7 Å². The van der Waals surface area contributed by atoms with E-state index in [0.717, 1.165) is 12.1 Å². The van der Waals surface area contributed by atoms with Crippen LogP contribution < -0.4 is 5.32 Å². The first kappa shape index (κ1) is 15.3. The predicted molar refractivity (Wildman–Crippen MR) is 81.2 cm³/mol. The number of nitrogens with one attached hydrogen (secondary N) is 1. The first-order chi connectivity index (χ1) is 9.33. The van der Waals surface area contributed by atoms with Crippen LogP contribution in [-0.4, -0.2) is 22.3 Å². The van der Waals surface area contributed by atoms with Crippen molar-refractivity contribution in [3.05, 3.63) is 34.1 Å². The van der Waals surface area contributed by atoms with Crippen molar-refractivity contribution in [1.29, 1.82) is 0 Å². The molecule has 1 N–H and O–H groups in total. The highest BCUT2D eigenvalue weighted by atomic mass is 35.5. The van der Waals surface area contributed by atoms with Crippen molar-refractivity contribution in [3.8, 4) is 11.5 Å². The molecule has 1 heterocycles. The third-order valence-corrected chi connectivity index (χ3v) is 3.01. The highest BCUT2D eigenvalue weighted by Gasteiger charge is 2.12. The van der Waals surface area contributed by atoms with Gasteiger partial charge in [-0.25, -0.2) is 0 Å². The third kappa shape index (κ3) is 4.47. The molecule has 1 aromatic heterocycles. The molecule has 0 saturated carbocycles. The van der Waals surface area contributed by atoms with Gasteiger partial charge in [-0.1, -0.05) is 23.2 Å². The fourth-order valence-electron chi connectivity index (χ4n) is 1.69. The Balaban J connectivity index is 2.05. The summed E-state index contributed by atoms with van der Waals surface area (Å²) in [7, 11) is 0. The van der Waals surface area contributed by atoms with Crippen LogP contribution in [0.25, 0.3) is 11.5 Å². The molecule has 6 heteroatoms. The standard InChI is InChI=1S/C14H17Cl2N3O/c1-14(2,3)17-5-4-12-18-19-13(20-12)9-6-10(15)8-11(16)7-9/h6-8,17H,4-5H2,1-3H3. The van der Waals surface area contributed by atoms with Gasteiger partial charge in [0.1, 0.15) is 0 Å². The third-order valence-electron chi connectivity index (χ3n) is 2.57. The van der Waals surface area contributed by atoms with Gasteiger partial charge < -0.3 is 9.73 Å². The summed E-state index contributed by atoms with van der Waals surface area (Å²) in [4.78, 5) is 0. The molecule has 0 aliphatic heterocycles. The fraction of sp³-hybridized carbons (Fsp3) is 0.429. The SMILES string of the molecule is CC(C)(C)NCCc1nnc(-c2cc(Cl)cc(Cl)c2)o1. The van der Waals surface area contributed by atoms with E-state index < -0.39 is 0 Å². The molecule has 0 atom stereocenters. The molecule has 2 aromatic rings. The van der Waals surface area contributed by atoms with Crippen LogP contribution in [0.3, 0.4) is 0 Å². The van der Waals surface area contributed by atoms with Gasteiger partial charge in [-0.2, -0.15) is 0 Å². The molecule has 0 aliphatic carbocycles. The largest absolute Gasteiger partial charge is 0.421 e. The van der Waals surface area contributed by atoms with Crippen LogP contribution in [0.2, 0.25) is 10.0 Å². The molecular weight excluding hydrogens is 297 g/mol. The van der Waals surface area contributed by atoms with E-state index in [-0.39, 0.29) is 5.54 Å². The zero-order valence-corrected chi connectivity index (χ0v) is 13.2. The lowest BCUT2D eigenvalue weighted by Gasteiger charge is -2.19. The van der Waals surface area contributed by atoms with Gasteiger partial charge in [0, 0.05) is 34.1 Å². The summed E-state index contributed by atoms with van der Waals surface area (Å²) in [6, 6.07) is 5.16. The maximum atomic E-state index is 5.96. The number of hydrogen-bond donors (Lipinski definition) is 1. The number of nitrogens with zero attached hydrogens (tertiary/aromatic N) is 2. The Morgan fingerprint density at radius 3 is 2.35 bits per heavy atom. The number of rotatable bonds is 4. The van der Waals surface area contributed by atoms with Gasteiger partial charge in [-0.05, 0) is 39.0 Å². The van der Waals surface area contributed by atoms with Crippen LogP contribution in [0.15, 0.2) is 22.6 Å². The summed E-state index contributed by atoms with van der Waals surface area (Å²) in [5, 5.41) is 12.5. The van der Waals surface area contributed by atoms with Gasteiger partial charge in [0.15, 0.2) is 0 Å². The molecule has 108 valence electrons. The highest BCUT2D eigenvalue weighted by Crippen LogP contribution is 2.26. The van der Waals surface area contributed by atoms with E-state index in [4.69, 9.17) is 27.6 Å². The smallest absolute Gasteiger partial charge is 0.247 e. The van der Waals surface area contributed by atoms with Gasteiger partial charge in [-0.3, -0.25) is 0 Å². The second-order valence-electron chi connectivity index (χ2n) is 5.59. The van der Waals surface area contributed by atoms with Gasteiger partial charge in [0.2, 0.25) is 11.8 Å². The zero-order chi connectivity index (χ0) is 14.8. The van der Waals surface area contributed by atoms with Crippen LogP contribution >= 0.6 is 23.2 Å². The Morgan fingerprint density at radius 1 is 1.10 bits per heavy atom.